The van der Waals surface area contributed by atoms with E-state index < -0.39 is 0 Å². The van der Waals surface area contributed by atoms with Gasteiger partial charge < -0.3 is 15.1 Å². The molecule has 6 nitrogen and oxygen atoms in total. The summed E-state index contributed by atoms with van der Waals surface area (Å²) in [7, 11) is 0. The minimum Gasteiger partial charge on any atom is -0.368 e. The highest BCUT2D eigenvalue weighted by atomic mass is 35.5. The number of hydrogen-bond acceptors (Lipinski definition) is 4. The predicted molar refractivity (Wildman–Crippen MR) is 106 cm³/mol. The molecular formula is C20H23ClN4O2. The second-order valence-corrected chi connectivity index (χ2v) is 7.25. The number of pyridine rings is 1. The maximum Gasteiger partial charge on any atom is 0.270 e. The average Bonchev–Trinajstić information content (AvgIpc) is 2.67. The van der Waals surface area contributed by atoms with Crippen molar-refractivity contribution in [2.24, 2.45) is 0 Å². The van der Waals surface area contributed by atoms with Gasteiger partial charge in [-0.2, -0.15) is 0 Å². The molecule has 0 spiro atoms. The molecule has 2 aromatic rings. The van der Waals surface area contributed by atoms with E-state index in [1.54, 1.807) is 17.0 Å². The highest BCUT2D eigenvalue weighted by Crippen LogP contribution is 2.21. The van der Waals surface area contributed by atoms with Crippen LogP contribution in [0.3, 0.4) is 0 Å². The molecule has 2 heterocycles. The number of nitrogens with one attached hydrogen (secondary N) is 1. The molecule has 1 aromatic heterocycles. The molecule has 2 amide bonds. The molecule has 0 radical (unpaired) electrons. The summed E-state index contributed by atoms with van der Waals surface area (Å²) in [5, 5.41) is 3.49. The Labute approximate surface area is 164 Å². The molecule has 27 heavy (non-hydrogen) atoms. The fraction of sp³-hybridized carbons (Fsp3) is 0.350. The molecule has 1 aliphatic heterocycles. The number of piperazine rings is 1. The predicted octanol–water partition coefficient (Wildman–Crippen LogP) is 2.84. The molecule has 7 heteroatoms. The third-order valence-electron chi connectivity index (χ3n) is 4.40. The molecule has 142 valence electrons. The van der Waals surface area contributed by atoms with E-state index in [1.807, 2.05) is 38.1 Å². The van der Waals surface area contributed by atoms with Crippen LogP contribution in [-0.4, -0.2) is 53.9 Å². The van der Waals surface area contributed by atoms with Crippen molar-refractivity contribution in [3.8, 4) is 0 Å². The van der Waals surface area contributed by atoms with Crippen molar-refractivity contribution in [1.29, 1.82) is 0 Å². The molecule has 0 aliphatic carbocycles. The smallest absolute Gasteiger partial charge is 0.270 e. The second-order valence-electron chi connectivity index (χ2n) is 6.82. The zero-order valence-corrected chi connectivity index (χ0v) is 16.2. The Morgan fingerprint density at radius 2 is 1.85 bits per heavy atom. The van der Waals surface area contributed by atoms with E-state index in [9.17, 15) is 9.59 Å². The third kappa shape index (κ3) is 4.77. The van der Waals surface area contributed by atoms with Gasteiger partial charge in [0.1, 0.15) is 5.69 Å². The van der Waals surface area contributed by atoms with E-state index >= 15 is 0 Å². The Morgan fingerprint density at radius 1 is 1.11 bits per heavy atom. The van der Waals surface area contributed by atoms with Gasteiger partial charge in [0, 0.05) is 54.7 Å². The maximum absolute atomic E-state index is 12.8. The van der Waals surface area contributed by atoms with Gasteiger partial charge >= 0.3 is 0 Å². The van der Waals surface area contributed by atoms with Gasteiger partial charge in [0.25, 0.3) is 11.8 Å². The molecule has 0 bridgehead atoms. The third-order valence-corrected chi connectivity index (χ3v) is 4.63. The Balaban J connectivity index is 1.65. The van der Waals surface area contributed by atoms with E-state index in [-0.39, 0.29) is 23.6 Å². The number of rotatable bonds is 4. The first-order chi connectivity index (χ1) is 12.9. The summed E-state index contributed by atoms with van der Waals surface area (Å²) in [5.74, 6) is -0.354. The first-order valence-electron chi connectivity index (χ1n) is 9.01. The van der Waals surface area contributed by atoms with Gasteiger partial charge in [-0.1, -0.05) is 17.7 Å². The minimum atomic E-state index is -0.273. The lowest BCUT2D eigenvalue weighted by Crippen LogP contribution is -2.48. The fourth-order valence-corrected chi connectivity index (χ4v) is 3.23. The second kappa shape index (κ2) is 8.39. The SMILES string of the molecule is CC(C)NC(=O)c1cc(C(=O)N2CCN(c3cccc(Cl)c3)CC2)ccn1. The number of benzene rings is 1. The van der Waals surface area contributed by atoms with Gasteiger partial charge in [0.2, 0.25) is 0 Å². The zero-order valence-electron chi connectivity index (χ0n) is 15.5. The number of halogens is 1. The molecular weight excluding hydrogens is 364 g/mol. The van der Waals surface area contributed by atoms with Gasteiger partial charge in [-0.15, -0.1) is 0 Å². The van der Waals surface area contributed by atoms with Crippen LogP contribution in [-0.2, 0) is 0 Å². The summed E-state index contributed by atoms with van der Waals surface area (Å²) < 4.78 is 0. The Morgan fingerprint density at radius 3 is 2.52 bits per heavy atom. The first kappa shape index (κ1) is 19.2. The van der Waals surface area contributed by atoms with Gasteiger partial charge in [-0.3, -0.25) is 14.6 Å². The largest absolute Gasteiger partial charge is 0.368 e. The van der Waals surface area contributed by atoms with Crippen molar-refractivity contribution in [3.05, 3.63) is 58.9 Å². The summed E-state index contributed by atoms with van der Waals surface area (Å²) in [6, 6.07) is 10.9. The number of anilines is 1. The van der Waals surface area contributed by atoms with Gasteiger partial charge in [0.15, 0.2) is 0 Å². The van der Waals surface area contributed by atoms with Crippen LogP contribution >= 0.6 is 11.6 Å². The number of carbonyl (C=O) groups is 2. The van der Waals surface area contributed by atoms with Crippen molar-refractivity contribution < 1.29 is 9.59 Å². The number of carbonyl (C=O) groups excluding carboxylic acids is 2. The zero-order chi connectivity index (χ0) is 19.4. The van der Waals surface area contributed by atoms with Crippen molar-refractivity contribution in [2.75, 3.05) is 31.1 Å². The van der Waals surface area contributed by atoms with Crippen LogP contribution in [0.5, 0.6) is 0 Å². The highest BCUT2D eigenvalue weighted by molar-refractivity contribution is 6.30. The molecule has 1 aromatic carbocycles. The van der Waals surface area contributed by atoms with Crippen LogP contribution < -0.4 is 10.2 Å². The van der Waals surface area contributed by atoms with E-state index in [0.717, 1.165) is 18.8 Å². The monoisotopic (exact) mass is 386 g/mol. The minimum absolute atomic E-state index is 0.0122. The van der Waals surface area contributed by atoms with Crippen LogP contribution in [0.2, 0.25) is 5.02 Å². The topological polar surface area (TPSA) is 65.5 Å². The van der Waals surface area contributed by atoms with Gasteiger partial charge in [-0.25, -0.2) is 0 Å². The van der Waals surface area contributed by atoms with Crippen LogP contribution in [0, 0.1) is 0 Å². The lowest BCUT2D eigenvalue weighted by Gasteiger charge is -2.36. The summed E-state index contributed by atoms with van der Waals surface area (Å²) in [5.41, 5.74) is 1.80. The molecule has 1 aliphatic rings. The summed E-state index contributed by atoms with van der Waals surface area (Å²) in [4.78, 5) is 33.0. The summed E-state index contributed by atoms with van der Waals surface area (Å²) >= 11 is 6.07. The lowest BCUT2D eigenvalue weighted by atomic mass is 10.1. The number of aromatic nitrogens is 1. The van der Waals surface area contributed by atoms with Gasteiger partial charge in [-0.05, 0) is 44.2 Å². The van der Waals surface area contributed by atoms with E-state index in [1.165, 1.54) is 6.20 Å². The first-order valence-corrected chi connectivity index (χ1v) is 9.38. The quantitative estimate of drug-likeness (QED) is 0.877. The molecule has 1 saturated heterocycles. The van der Waals surface area contributed by atoms with Gasteiger partial charge in [0.05, 0.1) is 0 Å². The van der Waals surface area contributed by atoms with E-state index in [4.69, 9.17) is 11.6 Å². The van der Waals surface area contributed by atoms with E-state index in [0.29, 0.717) is 23.7 Å². The van der Waals surface area contributed by atoms with Crippen molar-refractivity contribution >= 4 is 29.1 Å². The van der Waals surface area contributed by atoms with Crippen LogP contribution in [0.4, 0.5) is 5.69 Å². The maximum atomic E-state index is 12.8. The highest BCUT2D eigenvalue weighted by Gasteiger charge is 2.23. The number of hydrogen-bond donors (Lipinski definition) is 1. The number of nitrogens with zero attached hydrogens (tertiary/aromatic N) is 3. The summed E-state index contributed by atoms with van der Waals surface area (Å²) in [6.07, 6.45) is 1.50. The summed E-state index contributed by atoms with van der Waals surface area (Å²) in [6.45, 7) is 6.46. The molecule has 0 unspecified atom stereocenters. The van der Waals surface area contributed by atoms with Crippen molar-refractivity contribution in [2.45, 2.75) is 19.9 Å². The molecule has 0 saturated carbocycles. The van der Waals surface area contributed by atoms with Crippen LogP contribution in [0.15, 0.2) is 42.6 Å². The molecule has 1 N–H and O–H groups in total. The van der Waals surface area contributed by atoms with Crippen LogP contribution in [0.1, 0.15) is 34.7 Å². The van der Waals surface area contributed by atoms with Crippen LogP contribution in [0.25, 0.3) is 0 Å². The Bertz CT molecular complexity index is 832. The fourth-order valence-electron chi connectivity index (χ4n) is 3.05. The normalized spacial score (nSPS) is 14.4. The number of amides is 2. The molecule has 0 atom stereocenters. The molecule has 1 fully saturated rings. The Kier molecular flexibility index (Phi) is 5.96. The lowest BCUT2D eigenvalue weighted by molar-refractivity contribution is 0.0746. The Hall–Kier alpha value is -2.60. The standard InChI is InChI=1S/C20H23ClN4O2/c1-14(2)23-19(26)18-12-15(6-7-22-18)20(27)25-10-8-24(9-11-25)17-5-3-4-16(21)13-17/h3-7,12-14H,8-11H2,1-2H3,(H,23,26). The van der Waals surface area contributed by atoms with Crippen molar-refractivity contribution in [3.63, 3.8) is 0 Å². The van der Waals surface area contributed by atoms with E-state index in [2.05, 4.69) is 15.2 Å². The van der Waals surface area contributed by atoms with Crippen molar-refractivity contribution in [1.82, 2.24) is 15.2 Å². The molecule has 3 rings (SSSR count). The average molecular weight is 387 g/mol.